The first kappa shape index (κ1) is 15.1. The van der Waals surface area contributed by atoms with Crippen molar-refractivity contribution in [3.63, 3.8) is 0 Å². The number of carbonyl (C=O) groups is 1. The Bertz CT molecular complexity index is 736. The fourth-order valence-corrected chi connectivity index (χ4v) is 5.60. The Morgan fingerprint density at radius 1 is 1.39 bits per heavy atom. The highest BCUT2D eigenvalue weighted by molar-refractivity contribution is 7.89. The molecule has 2 saturated heterocycles. The van der Waals surface area contributed by atoms with Crippen LogP contribution in [-0.2, 0) is 19.6 Å². The van der Waals surface area contributed by atoms with E-state index >= 15 is 0 Å². The van der Waals surface area contributed by atoms with E-state index < -0.39 is 21.6 Å². The Balaban J connectivity index is 1.77. The van der Waals surface area contributed by atoms with Crippen molar-refractivity contribution in [2.45, 2.75) is 48.8 Å². The van der Waals surface area contributed by atoms with Crippen molar-refractivity contribution in [3.05, 3.63) is 12.3 Å². The van der Waals surface area contributed by atoms with E-state index in [2.05, 4.69) is 10.4 Å². The quantitative estimate of drug-likeness (QED) is 0.828. The molecule has 1 aromatic rings. The lowest BCUT2D eigenvalue weighted by Crippen LogP contribution is -2.75. The molecule has 1 amide bonds. The summed E-state index contributed by atoms with van der Waals surface area (Å²) in [5, 5.41) is 7.17. The highest BCUT2D eigenvalue weighted by atomic mass is 32.2. The molecule has 1 saturated carbocycles. The van der Waals surface area contributed by atoms with Gasteiger partial charge in [-0.3, -0.25) is 4.79 Å². The number of rotatable bonds is 3. The van der Waals surface area contributed by atoms with Gasteiger partial charge >= 0.3 is 0 Å². The van der Waals surface area contributed by atoms with Crippen LogP contribution in [0.15, 0.2) is 17.3 Å². The van der Waals surface area contributed by atoms with Gasteiger partial charge in [0, 0.05) is 6.54 Å². The topological polar surface area (TPSA) is 93.5 Å². The van der Waals surface area contributed by atoms with Crippen LogP contribution in [0.4, 0.5) is 0 Å². The van der Waals surface area contributed by atoms with E-state index in [-0.39, 0.29) is 23.5 Å². The van der Waals surface area contributed by atoms with Crippen LogP contribution in [-0.4, -0.2) is 59.7 Å². The maximum Gasteiger partial charge on any atom is 0.261 e. The monoisotopic (exact) mass is 340 g/mol. The Labute approximate surface area is 134 Å². The minimum Gasteiger partial charge on any atom is -0.377 e. The summed E-state index contributed by atoms with van der Waals surface area (Å²) in [6.07, 6.45) is 4.48. The van der Waals surface area contributed by atoms with Crippen molar-refractivity contribution in [2.75, 3.05) is 19.8 Å². The summed E-state index contributed by atoms with van der Waals surface area (Å²) in [6.45, 7) is 2.51. The normalized spacial score (nSPS) is 28.2. The van der Waals surface area contributed by atoms with Gasteiger partial charge in [0.1, 0.15) is 11.6 Å². The van der Waals surface area contributed by atoms with Gasteiger partial charge in [0.15, 0.2) is 5.03 Å². The van der Waals surface area contributed by atoms with E-state index in [0.29, 0.717) is 13.2 Å². The molecule has 1 atom stereocenters. The van der Waals surface area contributed by atoms with Crippen molar-refractivity contribution in [1.82, 2.24) is 19.4 Å². The van der Waals surface area contributed by atoms with Gasteiger partial charge in [0.05, 0.1) is 25.5 Å². The van der Waals surface area contributed by atoms with Gasteiger partial charge in [-0.25, -0.2) is 13.1 Å². The smallest absolute Gasteiger partial charge is 0.261 e. The molecule has 9 heteroatoms. The van der Waals surface area contributed by atoms with Crippen molar-refractivity contribution in [1.29, 1.82) is 0 Å². The molecule has 1 aliphatic carbocycles. The summed E-state index contributed by atoms with van der Waals surface area (Å²) in [5.74, 6) is -0.277. The molecule has 0 unspecified atom stereocenters. The summed E-state index contributed by atoms with van der Waals surface area (Å²) >= 11 is 0. The van der Waals surface area contributed by atoms with Crippen LogP contribution in [0, 0.1) is 0 Å². The number of aromatic nitrogens is 2. The van der Waals surface area contributed by atoms with E-state index in [9.17, 15) is 13.2 Å². The minimum absolute atomic E-state index is 0.136. The molecule has 3 fully saturated rings. The Kier molecular flexibility index (Phi) is 3.30. The molecule has 0 radical (unpaired) electrons. The van der Waals surface area contributed by atoms with Crippen molar-refractivity contribution >= 4 is 15.9 Å². The first-order valence-corrected chi connectivity index (χ1v) is 9.33. The van der Waals surface area contributed by atoms with Gasteiger partial charge in [-0.15, -0.1) is 0 Å². The molecule has 126 valence electrons. The molecule has 1 spiro atoms. The Hall–Kier alpha value is -1.45. The summed E-state index contributed by atoms with van der Waals surface area (Å²) < 4.78 is 34.8. The molecule has 3 heterocycles. The van der Waals surface area contributed by atoms with Crippen molar-refractivity contribution in [2.24, 2.45) is 0 Å². The average Bonchev–Trinajstić information content (AvgIpc) is 2.87. The molecular formula is C14H20N4O4S. The molecule has 23 heavy (non-hydrogen) atoms. The van der Waals surface area contributed by atoms with Gasteiger partial charge in [0.25, 0.3) is 10.0 Å². The molecule has 1 N–H and O–H groups in total. The number of hydrogen-bond acceptors (Lipinski definition) is 5. The molecule has 8 nitrogen and oxygen atoms in total. The van der Waals surface area contributed by atoms with Crippen LogP contribution in [0.3, 0.4) is 0 Å². The third kappa shape index (κ3) is 2.06. The predicted octanol–water partition coefficient (Wildman–Crippen LogP) is -0.114. The van der Waals surface area contributed by atoms with Crippen LogP contribution >= 0.6 is 0 Å². The number of hydrogen-bond donors (Lipinski definition) is 1. The fourth-order valence-electron chi connectivity index (χ4n) is 3.54. The number of amides is 1. The summed E-state index contributed by atoms with van der Waals surface area (Å²) in [5.41, 5.74) is -0.680. The second kappa shape index (κ2) is 5.02. The highest BCUT2D eigenvalue weighted by Crippen LogP contribution is 2.38. The molecule has 0 bridgehead atoms. The van der Waals surface area contributed by atoms with Crippen LogP contribution in [0.5, 0.6) is 0 Å². The molecular weight excluding hydrogens is 320 g/mol. The first-order valence-electron chi connectivity index (χ1n) is 7.89. The number of nitrogens with zero attached hydrogens (tertiary/aromatic N) is 3. The van der Waals surface area contributed by atoms with Crippen LogP contribution in [0.1, 0.15) is 32.2 Å². The lowest BCUT2D eigenvalue weighted by atomic mass is 9.93. The minimum atomic E-state index is -3.83. The maximum atomic E-state index is 13.3. The zero-order valence-corrected chi connectivity index (χ0v) is 13.8. The van der Waals surface area contributed by atoms with Gasteiger partial charge in [-0.1, -0.05) is 0 Å². The third-order valence-corrected chi connectivity index (χ3v) is 7.18. The van der Waals surface area contributed by atoms with Gasteiger partial charge in [-0.2, -0.15) is 9.40 Å². The van der Waals surface area contributed by atoms with Crippen LogP contribution < -0.4 is 5.32 Å². The van der Waals surface area contributed by atoms with E-state index in [1.807, 2.05) is 0 Å². The molecule has 2 aliphatic heterocycles. The van der Waals surface area contributed by atoms with Crippen molar-refractivity contribution in [3.8, 4) is 0 Å². The zero-order chi connectivity index (χ0) is 16.2. The second-order valence-corrected chi connectivity index (χ2v) is 8.37. The van der Waals surface area contributed by atoms with Crippen molar-refractivity contribution < 1.29 is 17.9 Å². The SMILES string of the molecule is C[C@H]1C(=O)NCC2(COC2)N1S(=O)(=O)c1ccnn1C1CCC1. The number of carbonyl (C=O) groups excluding carboxylic acids is 1. The molecule has 4 rings (SSSR count). The lowest BCUT2D eigenvalue weighted by Gasteiger charge is -2.52. The number of ether oxygens (including phenoxy) is 1. The zero-order valence-electron chi connectivity index (χ0n) is 12.9. The van der Waals surface area contributed by atoms with Crippen LogP contribution in [0.25, 0.3) is 0 Å². The number of nitrogens with one attached hydrogen (secondary N) is 1. The van der Waals surface area contributed by atoms with Gasteiger partial charge < -0.3 is 10.1 Å². The largest absolute Gasteiger partial charge is 0.377 e. The summed E-state index contributed by atoms with van der Waals surface area (Å²) in [6, 6.07) is 0.903. The summed E-state index contributed by atoms with van der Waals surface area (Å²) in [4.78, 5) is 12.1. The van der Waals surface area contributed by atoms with Gasteiger partial charge in [-0.05, 0) is 32.3 Å². The standard InChI is InChI=1S/C14H20N4O4S/c1-10-13(19)15-7-14(8-22-9-14)18(10)23(20,21)12-5-6-16-17(12)11-3-2-4-11/h5-6,10-11H,2-4,7-9H2,1H3,(H,15,19)/t10-/m0/s1. The Morgan fingerprint density at radius 2 is 2.13 bits per heavy atom. The molecule has 3 aliphatic rings. The van der Waals surface area contributed by atoms with E-state index in [1.165, 1.54) is 16.6 Å². The number of sulfonamides is 1. The Morgan fingerprint density at radius 3 is 2.70 bits per heavy atom. The highest BCUT2D eigenvalue weighted by Gasteiger charge is 2.56. The summed E-state index contributed by atoms with van der Waals surface area (Å²) in [7, 11) is -3.83. The first-order chi connectivity index (χ1) is 11.0. The van der Waals surface area contributed by atoms with Gasteiger partial charge in [0.2, 0.25) is 5.91 Å². The average molecular weight is 340 g/mol. The predicted molar refractivity (Wildman–Crippen MR) is 80.2 cm³/mol. The van der Waals surface area contributed by atoms with Crippen LogP contribution in [0.2, 0.25) is 0 Å². The second-order valence-electron chi connectivity index (χ2n) is 6.61. The van der Waals surface area contributed by atoms with E-state index in [0.717, 1.165) is 19.3 Å². The molecule has 0 aromatic carbocycles. The van der Waals surface area contributed by atoms with E-state index in [1.54, 1.807) is 11.6 Å². The molecule has 1 aromatic heterocycles. The number of piperazine rings is 1. The lowest BCUT2D eigenvalue weighted by molar-refractivity contribution is -0.153. The van der Waals surface area contributed by atoms with E-state index in [4.69, 9.17) is 4.74 Å². The fraction of sp³-hybridized carbons (Fsp3) is 0.714. The maximum absolute atomic E-state index is 13.3. The third-order valence-electron chi connectivity index (χ3n) is 5.11.